The number of rotatable bonds is 1. The van der Waals surface area contributed by atoms with E-state index in [9.17, 15) is 0 Å². The Labute approximate surface area is 132 Å². The minimum absolute atomic E-state index is 0. The quantitative estimate of drug-likeness (QED) is 0.724. The van der Waals surface area contributed by atoms with Crippen LogP contribution in [0.5, 0.6) is 0 Å². The molecule has 108 valence electrons. The number of nitrogens with one attached hydrogen (secondary N) is 1. The summed E-state index contributed by atoms with van der Waals surface area (Å²) in [5.41, 5.74) is 7.74. The van der Waals surface area contributed by atoms with E-state index >= 15 is 0 Å². The van der Waals surface area contributed by atoms with Crippen molar-refractivity contribution >= 4 is 5.57 Å². The normalized spacial score (nSPS) is 23.3. The van der Waals surface area contributed by atoms with E-state index in [0.717, 1.165) is 0 Å². The first kappa shape index (κ1) is 14.4. The lowest BCUT2D eigenvalue weighted by Crippen LogP contribution is -3.09. The SMILES string of the molecule is C[NH+]1CCC2=C(C1)C(c1ccccc1)c1ccccc12.[Cl-]. The van der Waals surface area contributed by atoms with Gasteiger partial charge in [-0.05, 0) is 27.8 Å². The Balaban J connectivity index is 0.00000132. The summed E-state index contributed by atoms with van der Waals surface area (Å²) in [5, 5.41) is 0. The van der Waals surface area contributed by atoms with Crippen LogP contribution in [0.3, 0.4) is 0 Å². The lowest BCUT2D eigenvalue weighted by atomic mass is 9.87. The molecule has 0 saturated carbocycles. The molecule has 4 rings (SSSR count). The van der Waals surface area contributed by atoms with Gasteiger partial charge < -0.3 is 17.3 Å². The van der Waals surface area contributed by atoms with Crippen LogP contribution in [0.1, 0.15) is 29.0 Å². The Morgan fingerprint density at radius 3 is 2.48 bits per heavy atom. The molecule has 1 heterocycles. The minimum Gasteiger partial charge on any atom is -1.00 e. The Hall–Kier alpha value is -1.57. The Bertz CT molecular complexity index is 675. The molecule has 0 saturated heterocycles. The van der Waals surface area contributed by atoms with Crippen molar-refractivity contribution in [1.29, 1.82) is 0 Å². The molecule has 2 aromatic rings. The van der Waals surface area contributed by atoms with Gasteiger partial charge in [0.2, 0.25) is 0 Å². The highest BCUT2D eigenvalue weighted by molar-refractivity contribution is 5.80. The van der Waals surface area contributed by atoms with E-state index in [-0.39, 0.29) is 12.4 Å². The molecule has 2 atom stereocenters. The van der Waals surface area contributed by atoms with Crippen LogP contribution < -0.4 is 17.3 Å². The Morgan fingerprint density at radius 2 is 1.67 bits per heavy atom. The first-order valence-corrected chi connectivity index (χ1v) is 7.52. The highest BCUT2D eigenvalue weighted by Gasteiger charge is 2.35. The van der Waals surface area contributed by atoms with Crippen LogP contribution in [0.15, 0.2) is 60.2 Å². The lowest BCUT2D eigenvalue weighted by Gasteiger charge is -2.25. The monoisotopic (exact) mass is 297 g/mol. The van der Waals surface area contributed by atoms with Gasteiger partial charge in [-0.25, -0.2) is 0 Å². The van der Waals surface area contributed by atoms with Crippen LogP contribution in [-0.2, 0) is 0 Å². The molecule has 0 fully saturated rings. The predicted molar refractivity (Wildman–Crippen MR) is 82.9 cm³/mol. The first-order chi connectivity index (χ1) is 9.84. The van der Waals surface area contributed by atoms with Crippen LogP contribution >= 0.6 is 0 Å². The molecule has 2 aliphatic rings. The fourth-order valence-electron chi connectivity index (χ4n) is 3.84. The third kappa shape index (κ3) is 2.31. The Morgan fingerprint density at radius 1 is 0.952 bits per heavy atom. The van der Waals surface area contributed by atoms with Gasteiger partial charge in [-0.3, -0.25) is 0 Å². The van der Waals surface area contributed by atoms with E-state index in [4.69, 9.17) is 0 Å². The summed E-state index contributed by atoms with van der Waals surface area (Å²) in [6, 6.07) is 20.0. The molecule has 1 N–H and O–H groups in total. The van der Waals surface area contributed by atoms with Crippen LogP contribution in [-0.4, -0.2) is 20.1 Å². The van der Waals surface area contributed by atoms with Crippen molar-refractivity contribution in [3.63, 3.8) is 0 Å². The highest BCUT2D eigenvalue weighted by Crippen LogP contribution is 2.46. The average molecular weight is 298 g/mol. The topological polar surface area (TPSA) is 4.44 Å². The number of fused-ring (bicyclic) bond motifs is 2. The predicted octanol–water partition coefficient (Wildman–Crippen LogP) is -0.492. The van der Waals surface area contributed by atoms with Gasteiger partial charge in [-0.2, -0.15) is 0 Å². The standard InChI is InChI=1S/C19H19N.ClH/c1-20-12-11-16-15-9-5-6-10-17(15)19(18(16)13-20)14-7-3-2-4-8-14;/h2-10,19H,11-13H2,1H3;1H. The van der Waals surface area contributed by atoms with Gasteiger partial charge in [0.05, 0.1) is 13.6 Å². The van der Waals surface area contributed by atoms with Crippen molar-refractivity contribution in [2.24, 2.45) is 0 Å². The number of halogens is 1. The van der Waals surface area contributed by atoms with Gasteiger partial charge in [0, 0.05) is 12.3 Å². The summed E-state index contributed by atoms with van der Waals surface area (Å²) in [7, 11) is 2.31. The second kappa shape index (κ2) is 5.67. The van der Waals surface area contributed by atoms with Crippen molar-refractivity contribution in [1.82, 2.24) is 0 Å². The third-order valence-corrected chi connectivity index (χ3v) is 4.76. The summed E-state index contributed by atoms with van der Waals surface area (Å²) in [6.07, 6.45) is 1.22. The Kier molecular flexibility index (Phi) is 3.88. The zero-order valence-electron chi connectivity index (χ0n) is 12.3. The van der Waals surface area contributed by atoms with Crippen LogP contribution in [0.2, 0.25) is 0 Å². The fraction of sp³-hybridized carbons (Fsp3) is 0.263. The molecular formula is C19H20ClN. The zero-order chi connectivity index (χ0) is 13.5. The molecule has 1 aliphatic heterocycles. The number of quaternary nitrogens is 1. The molecular weight excluding hydrogens is 278 g/mol. The number of hydrogen-bond acceptors (Lipinski definition) is 0. The number of likely N-dealkylation sites (N-methyl/N-ethyl adjacent to an activating group) is 1. The number of benzene rings is 2. The molecule has 0 amide bonds. The van der Waals surface area contributed by atoms with Crippen LogP contribution in [0, 0.1) is 0 Å². The smallest absolute Gasteiger partial charge is 0.100 e. The second-order valence-corrected chi connectivity index (χ2v) is 6.07. The first-order valence-electron chi connectivity index (χ1n) is 7.52. The molecule has 0 aromatic heterocycles. The van der Waals surface area contributed by atoms with Crippen molar-refractivity contribution in [2.75, 3.05) is 20.1 Å². The molecule has 1 aliphatic carbocycles. The zero-order valence-corrected chi connectivity index (χ0v) is 13.0. The van der Waals surface area contributed by atoms with Gasteiger partial charge in [0.15, 0.2) is 0 Å². The minimum atomic E-state index is 0. The molecule has 2 unspecified atom stereocenters. The van der Waals surface area contributed by atoms with Crippen molar-refractivity contribution in [3.8, 4) is 0 Å². The average Bonchev–Trinajstić information content (AvgIpc) is 2.81. The summed E-state index contributed by atoms with van der Waals surface area (Å²) < 4.78 is 0. The van der Waals surface area contributed by atoms with Gasteiger partial charge >= 0.3 is 0 Å². The van der Waals surface area contributed by atoms with Crippen molar-refractivity contribution < 1.29 is 17.3 Å². The molecule has 2 aromatic carbocycles. The number of hydrogen-bond donors (Lipinski definition) is 1. The lowest BCUT2D eigenvalue weighted by molar-refractivity contribution is -0.875. The van der Waals surface area contributed by atoms with E-state index in [0.29, 0.717) is 5.92 Å². The maximum Gasteiger partial charge on any atom is 0.100 e. The molecule has 2 heteroatoms. The summed E-state index contributed by atoms with van der Waals surface area (Å²) >= 11 is 0. The highest BCUT2D eigenvalue weighted by atomic mass is 35.5. The van der Waals surface area contributed by atoms with Crippen molar-refractivity contribution in [3.05, 3.63) is 76.9 Å². The molecule has 0 radical (unpaired) electrons. The van der Waals surface area contributed by atoms with Crippen molar-refractivity contribution in [2.45, 2.75) is 12.3 Å². The second-order valence-electron chi connectivity index (χ2n) is 6.07. The van der Waals surface area contributed by atoms with E-state index < -0.39 is 0 Å². The third-order valence-electron chi connectivity index (χ3n) is 4.76. The summed E-state index contributed by atoms with van der Waals surface area (Å²) in [5.74, 6) is 0.484. The largest absolute Gasteiger partial charge is 1.00 e. The fourth-order valence-corrected chi connectivity index (χ4v) is 3.84. The maximum absolute atomic E-state index is 2.32. The van der Waals surface area contributed by atoms with Crippen LogP contribution in [0.4, 0.5) is 0 Å². The van der Waals surface area contributed by atoms with Gasteiger partial charge in [0.1, 0.15) is 6.54 Å². The van der Waals surface area contributed by atoms with Crippen LogP contribution in [0.25, 0.3) is 5.57 Å². The van der Waals surface area contributed by atoms with Gasteiger partial charge in [-0.15, -0.1) is 0 Å². The molecule has 0 spiro atoms. The summed E-state index contributed by atoms with van der Waals surface area (Å²) in [4.78, 5) is 1.64. The van der Waals surface area contributed by atoms with E-state index in [1.165, 1.54) is 36.2 Å². The summed E-state index contributed by atoms with van der Waals surface area (Å²) in [6.45, 7) is 2.44. The molecule has 21 heavy (non-hydrogen) atoms. The van der Waals surface area contributed by atoms with E-state index in [1.54, 1.807) is 16.0 Å². The van der Waals surface area contributed by atoms with Gasteiger partial charge in [0.25, 0.3) is 0 Å². The van der Waals surface area contributed by atoms with E-state index in [1.807, 2.05) is 0 Å². The van der Waals surface area contributed by atoms with E-state index in [2.05, 4.69) is 61.6 Å². The molecule has 1 nitrogen and oxygen atoms in total. The van der Waals surface area contributed by atoms with Gasteiger partial charge in [-0.1, -0.05) is 54.6 Å². The maximum atomic E-state index is 2.32. The molecule has 0 bridgehead atoms.